The molecule has 2 aromatic rings. The lowest BCUT2D eigenvalue weighted by Gasteiger charge is -2.27. The van der Waals surface area contributed by atoms with E-state index < -0.39 is 6.04 Å². The molecule has 1 saturated heterocycles. The third-order valence-electron chi connectivity index (χ3n) is 5.56. The van der Waals surface area contributed by atoms with Gasteiger partial charge in [0, 0.05) is 11.1 Å². The van der Waals surface area contributed by atoms with Gasteiger partial charge in [-0.25, -0.2) is 0 Å². The van der Waals surface area contributed by atoms with E-state index >= 15 is 0 Å². The Balaban J connectivity index is 1.59. The summed E-state index contributed by atoms with van der Waals surface area (Å²) in [7, 11) is 0. The molecule has 3 atom stereocenters. The summed E-state index contributed by atoms with van der Waals surface area (Å²) in [6, 6.07) is 4.63. The number of imide groups is 1. The Kier molecular flexibility index (Phi) is 4.75. The number of rotatable bonds is 5. The maximum absolute atomic E-state index is 13.1. The minimum Gasteiger partial charge on any atom is -0.324 e. The van der Waals surface area contributed by atoms with E-state index in [0.717, 1.165) is 10.9 Å². The number of nitrogens with zero attached hydrogens (tertiary/aromatic N) is 2. The van der Waals surface area contributed by atoms with Crippen molar-refractivity contribution in [2.75, 3.05) is 5.32 Å². The molecule has 7 nitrogen and oxygen atoms in total. The first kappa shape index (κ1) is 18.4. The van der Waals surface area contributed by atoms with Crippen molar-refractivity contribution in [2.45, 2.75) is 39.2 Å². The van der Waals surface area contributed by atoms with Crippen LogP contribution in [-0.4, -0.2) is 38.9 Å². The summed E-state index contributed by atoms with van der Waals surface area (Å²) in [5.74, 6) is -1.27. The molecule has 3 unspecified atom stereocenters. The van der Waals surface area contributed by atoms with Crippen LogP contribution in [0.25, 0.3) is 10.9 Å². The fourth-order valence-electron chi connectivity index (χ4n) is 4.16. The standard InChI is InChI=1S/C21H24N4O3/c1-12(2)9-18(25-20(27)15-5-3-4-6-16(15)21(25)28)19(26)23-14-7-8-17-13(10-14)11-22-24-17/h3-4,7-8,10-12,15-16,18H,5-6,9H2,1-2H3,(H,22,24)(H,23,26). The van der Waals surface area contributed by atoms with E-state index in [1.807, 2.05) is 38.1 Å². The fourth-order valence-corrected chi connectivity index (χ4v) is 4.16. The Labute approximate surface area is 163 Å². The molecule has 3 amide bonds. The molecule has 2 aliphatic rings. The zero-order chi connectivity index (χ0) is 19.8. The number of nitrogens with one attached hydrogen (secondary N) is 2. The normalized spacial score (nSPS) is 22.8. The van der Waals surface area contributed by atoms with Crippen LogP contribution in [0.15, 0.2) is 36.5 Å². The molecule has 1 aromatic carbocycles. The Morgan fingerprint density at radius 1 is 1.21 bits per heavy atom. The lowest BCUT2D eigenvalue weighted by Crippen LogP contribution is -2.48. The number of hydrogen-bond acceptors (Lipinski definition) is 4. The Morgan fingerprint density at radius 2 is 1.89 bits per heavy atom. The van der Waals surface area contributed by atoms with Crippen LogP contribution in [0.4, 0.5) is 5.69 Å². The summed E-state index contributed by atoms with van der Waals surface area (Å²) in [6.45, 7) is 3.97. The zero-order valence-corrected chi connectivity index (χ0v) is 16.0. The Bertz CT molecular complexity index is 935. The molecule has 0 saturated carbocycles. The van der Waals surface area contributed by atoms with Crippen LogP contribution in [0.2, 0.25) is 0 Å². The first-order valence-electron chi connectivity index (χ1n) is 9.71. The maximum Gasteiger partial charge on any atom is 0.247 e. The van der Waals surface area contributed by atoms with Gasteiger partial charge in [0.15, 0.2) is 0 Å². The van der Waals surface area contributed by atoms with Crippen LogP contribution in [0, 0.1) is 17.8 Å². The SMILES string of the molecule is CC(C)CC(C(=O)Nc1ccc2[nH]ncc2c1)N1C(=O)C2CC=CCC2C1=O. The number of H-pyrrole nitrogens is 1. The number of likely N-dealkylation sites (tertiary alicyclic amines) is 1. The monoisotopic (exact) mass is 380 g/mol. The van der Waals surface area contributed by atoms with E-state index in [9.17, 15) is 14.4 Å². The van der Waals surface area contributed by atoms with Crippen LogP contribution < -0.4 is 5.32 Å². The van der Waals surface area contributed by atoms with Gasteiger partial charge in [0.1, 0.15) is 6.04 Å². The average molecular weight is 380 g/mol. The van der Waals surface area contributed by atoms with Gasteiger partial charge in [0.2, 0.25) is 17.7 Å². The van der Waals surface area contributed by atoms with E-state index in [0.29, 0.717) is 24.9 Å². The van der Waals surface area contributed by atoms with Gasteiger partial charge in [-0.3, -0.25) is 24.4 Å². The molecule has 7 heteroatoms. The average Bonchev–Trinajstić information content (AvgIpc) is 3.23. The highest BCUT2D eigenvalue weighted by atomic mass is 16.2. The second-order valence-corrected chi connectivity index (χ2v) is 8.01. The van der Waals surface area contributed by atoms with Crippen LogP contribution in [0.5, 0.6) is 0 Å². The van der Waals surface area contributed by atoms with Crippen molar-refractivity contribution in [3.8, 4) is 0 Å². The number of aromatic amines is 1. The second-order valence-electron chi connectivity index (χ2n) is 8.01. The number of benzene rings is 1. The second kappa shape index (κ2) is 7.22. The van der Waals surface area contributed by atoms with E-state index in [1.54, 1.807) is 12.3 Å². The summed E-state index contributed by atoms with van der Waals surface area (Å²) >= 11 is 0. The first-order valence-corrected chi connectivity index (χ1v) is 9.71. The van der Waals surface area contributed by atoms with Crippen molar-refractivity contribution in [2.24, 2.45) is 17.8 Å². The molecule has 0 bridgehead atoms. The van der Waals surface area contributed by atoms with Crippen molar-refractivity contribution in [3.63, 3.8) is 0 Å². The van der Waals surface area contributed by atoms with Crippen molar-refractivity contribution >= 4 is 34.3 Å². The van der Waals surface area contributed by atoms with Gasteiger partial charge in [-0.2, -0.15) is 5.10 Å². The van der Waals surface area contributed by atoms with Gasteiger partial charge in [-0.15, -0.1) is 0 Å². The van der Waals surface area contributed by atoms with Gasteiger partial charge in [0.05, 0.1) is 23.5 Å². The molecule has 2 heterocycles. The highest BCUT2D eigenvalue weighted by molar-refractivity contribution is 6.10. The smallest absolute Gasteiger partial charge is 0.247 e. The van der Waals surface area contributed by atoms with Crippen molar-refractivity contribution in [1.29, 1.82) is 0 Å². The number of amides is 3. The van der Waals surface area contributed by atoms with Gasteiger partial charge in [-0.1, -0.05) is 26.0 Å². The third kappa shape index (κ3) is 3.21. The lowest BCUT2D eigenvalue weighted by molar-refractivity contribution is -0.147. The highest BCUT2D eigenvalue weighted by Crippen LogP contribution is 2.37. The summed E-state index contributed by atoms with van der Waals surface area (Å²) < 4.78 is 0. The molecule has 1 fully saturated rings. The number of carbonyl (C=O) groups excluding carboxylic acids is 3. The number of allylic oxidation sites excluding steroid dienone is 2. The van der Waals surface area contributed by atoms with E-state index in [1.165, 1.54) is 4.90 Å². The highest BCUT2D eigenvalue weighted by Gasteiger charge is 2.51. The van der Waals surface area contributed by atoms with Gasteiger partial charge in [0.25, 0.3) is 0 Å². The molecular weight excluding hydrogens is 356 g/mol. The van der Waals surface area contributed by atoms with E-state index in [-0.39, 0.29) is 35.5 Å². The number of anilines is 1. The number of hydrogen-bond donors (Lipinski definition) is 2. The largest absolute Gasteiger partial charge is 0.324 e. The lowest BCUT2D eigenvalue weighted by atomic mass is 9.85. The molecule has 1 aliphatic carbocycles. The predicted octanol–water partition coefficient (Wildman–Crippen LogP) is 2.87. The number of fused-ring (bicyclic) bond motifs is 2. The predicted molar refractivity (Wildman–Crippen MR) is 105 cm³/mol. The molecule has 1 aliphatic heterocycles. The van der Waals surface area contributed by atoms with Crippen LogP contribution >= 0.6 is 0 Å². The topological polar surface area (TPSA) is 95.2 Å². The molecule has 0 radical (unpaired) electrons. The van der Waals surface area contributed by atoms with Crippen molar-refractivity contribution < 1.29 is 14.4 Å². The van der Waals surface area contributed by atoms with Gasteiger partial charge >= 0.3 is 0 Å². The van der Waals surface area contributed by atoms with Crippen LogP contribution in [0.1, 0.15) is 33.1 Å². The first-order chi connectivity index (χ1) is 13.5. The Morgan fingerprint density at radius 3 is 2.54 bits per heavy atom. The van der Waals surface area contributed by atoms with Gasteiger partial charge < -0.3 is 5.32 Å². The Hall–Kier alpha value is -2.96. The molecule has 146 valence electrons. The van der Waals surface area contributed by atoms with Gasteiger partial charge in [-0.05, 0) is 43.4 Å². The minimum absolute atomic E-state index is 0.161. The minimum atomic E-state index is -0.800. The van der Waals surface area contributed by atoms with E-state index in [4.69, 9.17) is 0 Å². The fraction of sp³-hybridized carbons (Fsp3) is 0.429. The van der Waals surface area contributed by atoms with Crippen LogP contribution in [0.3, 0.4) is 0 Å². The summed E-state index contributed by atoms with van der Waals surface area (Å²) in [6.07, 6.45) is 7.16. The summed E-state index contributed by atoms with van der Waals surface area (Å²) in [5, 5.41) is 10.6. The molecule has 28 heavy (non-hydrogen) atoms. The summed E-state index contributed by atoms with van der Waals surface area (Å²) in [4.78, 5) is 40.2. The van der Waals surface area contributed by atoms with E-state index in [2.05, 4.69) is 15.5 Å². The third-order valence-corrected chi connectivity index (χ3v) is 5.56. The molecule has 4 rings (SSSR count). The number of carbonyl (C=O) groups is 3. The summed E-state index contributed by atoms with van der Waals surface area (Å²) in [5.41, 5.74) is 1.49. The molecular formula is C21H24N4O3. The number of aromatic nitrogens is 2. The quantitative estimate of drug-likeness (QED) is 0.616. The molecule has 0 spiro atoms. The molecule has 2 N–H and O–H groups in total. The van der Waals surface area contributed by atoms with Crippen molar-refractivity contribution in [1.82, 2.24) is 15.1 Å². The van der Waals surface area contributed by atoms with Crippen LogP contribution in [-0.2, 0) is 14.4 Å². The molecule has 1 aromatic heterocycles. The zero-order valence-electron chi connectivity index (χ0n) is 16.0. The van der Waals surface area contributed by atoms with Crippen molar-refractivity contribution in [3.05, 3.63) is 36.5 Å². The maximum atomic E-state index is 13.1.